The maximum atomic E-state index is 12.2. The molecule has 0 aliphatic carbocycles. The molecule has 0 spiro atoms. The van der Waals surface area contributed by atoms with Crippen molar-refractivity contribution in [3.63, 3.8) is 0 Å². The third kappa shape index (κ3) is 4.17. The fraction of sp³-hybridized carbons (Fsp3) is 0.500. The molecule has 25 heavy (non-hydrogen) atoms. The van der Waals surface area contributed by atoms with Gasteiger partial charge in [0.2, 0.25) is 0 Å². The minimum absolute atomic E-state index is 0.272. The molecule has 2 aromatic rings. The number of anilines is 2. The van der Waals surface area contributed by atoms with Crippen LogP contribution in [0.15, 0.2) is 24.4 Å². The van der Waals surface area contributed by atoms with E-state index in [9.17, 15) is 8.42 Å². The Labute approximate surface area is 152 Å². The Morgan fingerprint density at radius 2 is 2.00 bits per heavy atom. The molecule has 3 heterocycles. The van der Waals surface area contributed by atoms with Crippen molar-refractivity contribution in [1.29, 1.82) is 0 Å². The molecule has 7 nitrogen and oxygen atoms in total. The van der Waals surface area contributed by atoms with Crippen LogP contribution in [0.2, 0.25) is 0 Å². The van der Waals surface area contributed by atoms with Crippen LogP contribution in [-0.2, 0) is 10.2 Å². The second kappa shape index (κ2) is 7.36. The van der Waals surface area contributed by atoms with Gasteiger partial charge in [-0.3, -0.25) is 0 Å². The Bertz CT molecular complexity index is 827. The van der Waals surface area contributed by atoms with Gasteiger partial charge in [-0.1, -0.05) is 6.07 Å². The van der Waals surface area contributed by atoms with E-state index in [0.29, 0.717) is 13.1 Å². The number of nitrogens with zero attached hydrogens (tertiary/aromatic N) is 4. The monoisotopic (exact) mass is 381 g/mol. The van der Waals surface area contributed by atoms with E-state index < -0.39 is 10.2 Å². The summed E-state index contributed by atoms with van der Waals surface area (Å²) in [6.45, 7) is 3.06. The van der Waals surface area contributed by atoms with Gasteiger partial charge in [0, 0.05) is 49.9 Å². The highest BCUT2D eigenvalue weighted by Crippen LogP contribution is 2.29. The van der Waals surface area contributed by atoms with E-state index in [4.69, 9.17) is 4.98 Å². The zero-order chi connectivity index (χ0) is 18.0. The molecule has 1 aliphatic heterocycles. The zero-order valence-corrected chi connectivity index (χ0v) is 16.3. The predicted molar refractivity (Wildman–Crippen MR) is 101 cm³/mol. The lowest BCUT2D eigenvalue weighted by Gasteiger charge is -2.32. The van der Waals surface area contributed by atoms with Gasteiger partial charge in [0.25, 0.3) is 10.2 Å². The first-order chi connectivity index (χ1) is 11.9. The Balaban J connectivity index is 1.67. The molecule has 0 unspecified atom stereocenters. The minimum atomic E-state index is -3.33. The average Bonchev–Trinajstić information content (AvgIpc) is 3.00. The molecule has 1 N–H and O–H groups in total. The zero-order valence-electron chi connectivity index (χ0n) is 14.6. The van der Waals surface area contributed by atoms with Gasteiger partial charge in [-0.2, -0.15) is 17.0 Å². The number of rotatable bonds is 5. The van der Waals surface area contributed by atoms with Crippen molar-refractivity contribution in [2.24, 2.45) is 0 Å². The van der Waals surface area contributed by atoms with Crippen LogP contribution < -0.4 is 5.32 Å². The topological polar surface area (TPSA) is 78.4 Å². The van der Waals surface area contributed by atoms with E-state index in [1.165, 1.54) is 4.31 Å². The third-order valence-corrected chi connectivity index (χ3v) is 7.06. The number of piperidine rings is 1. The van der Waals surface area contributed by atoms with Crippen LogP contribution in [0.5, 0.6) is 0 Å². The van der Waals surface area contributed by atoms with Gasteiger partial charge in [0.1, 0.15) is 5.82 Å². The molecular weight excluding hydrogens is 358 g/mol. The first-order valence-corrected chi connectivity index (χ1v) is 10.4. The van der Waals surface area contributed by atoms with Gasteiger partial charge in [-0.25, -0.2) is 9.97 Å². The Hall–Kier alpha value is -1.55. The molecule has 0 aromatic carbocycles. The van der Waals surface area contributed by atoms with Crippen molar-refractivity contribution in [2.75, 3.05) is 32.5 Å². The van der Waals surface area contributed by atoms with Crippen molar-refractivity contribution in [3.05, 3.63) is 35.0 Å². The minimum Gasteiger partial charge on any atom is -0.316 e. The van der Waals surface area contributed by atoms with E-state index in [1.807, 2.05) is 31.3 Å². The number of hydrogen-bond acceptors (Lipinski definition) is 6. The van der Waals surface area contributed by atoms with Gasteiger partial charge in [0.05, 0.1) is 0 Å². The molecule has 0 atom stereocenters. The van der Waals surface area contributed by atoms with Crippen LogP contribution >= 0.6 is 11.3 Å². The summed E-state index contributed by atoms with van der Waals surface area (Å²) in [5, 5.41) is 4.06. The number of nitrogens with one attached hydrogen (secondary N) is 1. The van der Waals surface area contributed by atoms with Crippen LogP contribution in [0.4, 0.5) is 10.9 Å². The fourth-order valence-corrected chi connectivity index (χ4v) is 4.69. The number of hydrogen-bond donors (Lipinski definition) is 1. The summed E-state index contributed by atoms with van der Waals surface area (Å²) in [6, 6.07) is 5.92. The fourth-order valence-electron chi connectivity index (χ4n) is 2.88. The van der Waals surface area contributed by atoms with Crippen LogP contribution in [0.3, 0.4) is 0 Å². The lowest BCUT2D eigenvalue weighted by atomic mass is 9.94. The SMILES string of the molecule is Cc1cnc(Nc2cccc(C3CCN(S(=O)(=O)N(C)C)CC3)n2)s1. The largest absolute Gasteiger partial charge is 0.316 e. The highest BCUT2D eigenvalue weighted by Gasteiger charge is 2.30. The molecule has 1 fully saturated rings. The summed E-state index contributed by atoms with van der Waals surface area (Å²) in [4.78, 5) is 10.1. The lowest BCUT2D eigenvalue weighted by Crippen LogP contribution is -2.44. The van der Waals surface area contributed by atoms with E-state index in [2.05, 4.69) is 10.3 Å². The Morgan fingerprint density at radius 1 is 1.28 bits per heavy atom. The van der Waals surface area contributed by atoms with E-state index in [0.717, 1.165) is 34.4 Å². The van der Waals surface area contributed by atoms with Crippen molar-refractivity contribution in [3.8, 4) is 0 Å². The van der Waals surface area contributed by atoms with Crippen LogP contribution in [0.25, 0.3) is 0 Å². The van der Waals surface area contributed by atoms with Crippen molar-refractivity contribution in [1.82, 2.24) is 18.6 Å². The van der Waals surface area contributed by atoms with Crippen LogP contribution in [0.1, 0.15) is 29.3 Å². The highest BCUT2D eigenvalue weighted by atomic mass is 32.2. The molecule has 1 aliphatic rings. The van der Waals surface area contributed by atoms with Crippen molar-refractivity contribution in [2.45, 2.75) is 25.7 Å². The van der Waals surface area contributed by atoms with Crippen molar-refractivity contribution >= 4 is 32.5 Å². The Kier molecular flexibility index (Phi) is 5.38. The Morgan fingerprint density at radius 3 is 2.60 bits per heavy atom. The first kappa shape index (κ1) is 18.2. The summed E-state index contributed by atoms with van der Waals surface area (Å²) >= 11 is 1.59. The standard InChI is InChI=1S/C16H23N5O2S2/c1-12-11-17-16(24-12)19-15-6-4-5-14(18-15)13-7-9-21(10-8-13)25(22,23)20(2)3/h4-6,11,13H,7-10H2,1-3H3,(H,17,18,19). The summed E-state index contributed by atoms with van der Waals surface area (Å²) in [5.74, 6) is 1.04. The van der Waals surface area contributed by atoms with E-state index >= 15 is 0 Å². The molecule has 2 aromatic heterocycles. The second-order valence-electron chi connectivity index (χ2n) is 6.31. The molecule has 0 saturated carbocycles. The molecule has 1 saturated heterocycles. The van der Waals surface area contributed by atoms with Gasteiger partial charge < -0.3 is 5.32 Å². The second-order valence-corrected chi connectivity index (χ2v) is 9.69. The maximum absolute atomic E-state index is 12.2. The van der Waals surface area contributed by atoms with Crippen LogP contribution in [0, 0.1) is 6.92 Å². The molecule has 136 valence electrons. The summed E-state index contributed by atoms with van der Waals surface area (Å²) in [6.07, 6.45) is 3.39. The number of thiazole rings is 1. The molecule has 0 bridgehead atoms. The van der Waals surface area contributed by atoms with Gasteiger partial charge in [-0.05, 0) is 31.9 Å². The van der Waals surface area contributed by atoms with Gasteiger partial charge >= 0.3 is 0 Å². The van der Waals surface area contributed by atoms with E-state index in [1.54, 1.807) is 29.7 Å². The molecule has 0 radical (unpaired) electrons. The lowest BCUT2D eigenvalue weighted by molar-refractivity contribution is 0.300. The van der Waals surface area contributed by atoms with Crippen LogP contribution in [-0.4, -0.2) is 54.2 Å². The summed E-state index contributed by atoms with van der Waals surface area (Å²) in [5.41, 5.74) is 1.00. The van der Waals surface area contributed by atoms with Crippen molar-refractivity contribution < 1.29 is 8.42 Å². The summed E-state index contributed by atoms with van der Waals surface area (Å²) < 4.78 is 27.2. The highest BCUT2D eigenvalue weighted by molar-refractivity contribution is 7.86. The number of aryl methyl sites for hydroxylation is 1. The molecule has 9 heteroatoms. The summed E-state index contributed by atoms with van der Waals surface area (Å²) in [7, 11) is -0.189. The van der Waals surface area contributed by atoms with Gasteiger partial charge in [0.15, 0.2) is 5.13 Å². The first-order valence-electron chi connectivity index (χ1n) is 8.20. The number of pyridine rings is 1. The van der Waals surface area contributed by atoms with Gasteiger partial charge in [-0.15, -0.1) is 11.3 Å². The smallest absolute Gasteiger partial charge is 0.281 e. The normalized spacial score (nSPS) is 17.1. The third-order valence-electron chi connectivity index (χ3n) is 4.29. The quantitative estimate of drug-likeness (QED) is 0.861. The molecule has 0 amide bonds. The predicted octanol–water partition coefficient (Wildman–Crippen LogP) is 2.58. The maximum Gasteiger partial charge on any atom is 0.281 e. The number of aromatic nitrogens is 2. The average molecular weight is 382 g/mol. The molecule has 3 rings (SSSR count). The molecular formula is C16H23N5O2S2. The van der Waals surface area contributed by atoms with E-state index in [-0.39, 0.29) is 5.92 Å².